The van der Waals surface area contributed by atoms with Gasteiger partial charge in [0.25, 0.3) is 0 Å². The van der Waals surface area contributed by atoms with E-state index in [1.54, 1.807) is 0 Å². The van der Waals surface area contributed by atoms with Crippen LogP contribution in [0, 0.1) is 13.8 Å². The molecule has 0 saturated carbocycles. The van der Waals surface area contributed by atoms with Crippen molar-refractivity contribution in [2.75, 3.05) is 0 Å². The molecule has 20 heavy (non-hydrogen) atoms. The molecule has 0 fully saturated rings. The number of aromatic nitrogens is 2. The minimum atomic E-state index is 0.602. The molecule has 0 bridgehead atoms. The van der Waals surface area contributed by atoms with E-state index in [9.17, 15) is 4.79 Å². The van der Waals surface area contributed by atoms with Gasteiger partial charge >= 0.3 is 0 Å². The second-order valence-corrected chi connectivity index (χ2v) is 5.75. The van der Waals surface area contributed by atoms with E-state index in [0.717, 1.165) is 21.9 Å². The van der Waals surface area contributed by atoms with Gasteiger partial charge in [0.05, 0.1) is 0 Å². The van der Waals surface area contributed by atoms with Gasteiger partial charge in [-0.05, 0) is 37.6 Å². The topological polar surface area (TPSA) is 34.4 Å². The van der Waals surface area contributed by atoms with Crippen LogP contribution in [0.15, 0.2) is 52.5 Å². The number of aldehydes is 1. The summed E-state index contributed by atoms with van der Waals surface area (Å²) in [7, 11) is 0. The molecule has 2 heterocycles. The van der Waals surface area contributed by atoms with E-state index in [1.807, 2.05) is 28.8 Å². The number of hydrogen-bond donors (Lipinski definition) is 0. The van der Waals surface area contributed by atoms with E-state index in [0.29, 0.717) is 5.69 Å². The van der Waals surface area contributed by atoms with E-state index < -0.39 is 0 Å². The third kappa shape index (κ3) is 2.23. The molecule has 100 valence electrons. The number of rotatable bonds is 3. The fourth-order valence-corrected chi connectivity index (χ4v) is 3.15. The largest absolute Gasteiger partial charge is 0.296 e. The molecular weight excluding hydrogens is 268 g/mol. The van der Waals surface area contributed by atoms with E-state index in [1.165, 1.54) is 22.9 Å². The van der Waals surface area contributed by atoms with Crippen molar-refractivity contribution >= 4 is 23.7 Å². The van der Waals surface area contributed by atoms with Gasteiger partial charge in [-0.1, -0.05) is 35.5 Å². The smallest absolute Gasteiger partial charge is 0.169 e. The normalized spacial score (nSPS) is 10.9. The summed E-state index contributed by atoms with van der Waals surface area (Å²) in [6.45, 7) is 4.15. The molecule has 1 aromatic carbocycles. The maximum absolute atomic E-state index is 11.4. The molecule has 3 rings (SSSR count). The quantitative estimate of drug-likeness (QED) is 0.683. The molecule has 0 N–H and O–H groups in total. The lowest BCUT2D eigenvalue weighted by Gasteiger charge is -2.04. The first-order chi connectivity index (χ1) is 9.69. The van der Waals surface area contributed by atoms with Gasteiger partial charge in [0, 0.05) is 11.1 Å². The van der Waals surface area contributed by atoms with Gasteiger partial charge in [-0.3, -0.25) is 9.20 Å². The number of aryl methyl sites for hydroxylation is 2. The van der Waals surface area contributed by atoms with Crippen LogP contribution in [0.5, 0.6) is 0 Å². The molecule has 0 aliphatic rings. The molecule has 0 aliphatic heterocycles. The highest BCUT2D eigenvalue weighted by Crippen LogP contribution is 2.32. The van der Waals surface area contributed by atoms with Crippen LogP contribution >= 0.6 is 11.8 Å². The molecule has 2 aromatic heterocycles. The molecule has 0 spiro atoms. The fraction of sp³-hybridized carbons (Fsp3) is 0.125. The zero-order valence-corrected chi connectivity index (χ0v) is 12.1. The summed E-state index contributed by atoms with van der Waals surface area (Å²) in [6.07, 6.45) is 2.73. The van der Waals surface area contributed by atoms with Crippen LogP contribution in [0.3, 0.4) is 0 Å². The first-order valence-corrected chi connectivity index (χ1v) is 7.18. The lowest BCUT2D eigenvalue weighted by Crippen LogP contribution is -1.91. The maximum Gasteiger partial charge on any atom is 0.169 e. The van der Waals surface area contributed by atoms with Crippen molar-refractivity contribution in [1.29, 1.82) is 0 Å². The Kier molecular flexibility index (Phi) is 3.32. The van der Waals surface area contributed by atoms with Gasteiger partial charge in [0.2, 0.25) is 0 Å². The highest BCUT2D eigenvalue weighted by atomic mass is 32.2. The predicted molar refractivity (Wildman–Crippen MR) is 80.6 cm³/mol. The summed E-state index contributed by atoms with van der Waals surface area (Å²) in [5, 5.41) is 0.748. The lowest BCUT2D eigenvalue weighted by atomic mass is 10.2. The third-order valence-electron chi connectivity index (χ3n) is 3.18. The zero-order chi connectivity index (χ0) is 14.1. The van der Waals surface area contributed by atoms with E-state index >= 15 is 0 Å². The van der Waals surface area contributed by atoms with Crippen LogP contribution in [0.1, 0.15) is 21.6 Å². The minimum absolute atomic E-state index is 0.602. The van der Waals surface area contributed by atoms with Crippen LogP contribution in [-0.4, -0.2) is 15.7 Å². The molecule has 0 saturated heterocycles. The summed E-state index contributed by atoms with van der Waals surface area (Å²) in [4.78, 5) is 17.0. The van der Waals surface area contributed by atoms with Crippen LogP contribution in [0.4, 0.5) is 0 Å². The highest BCUT2D eigenvalue weighted by Gasteiger charge is 2.13. The average Bonchev–Trinajstić information content (AvgIpc) is 2.79. The SMILES string of the molecule is Cc1ccc(Sc2nc3ccccn3c2C=O)c(C)c1. The summed E-state index contributed by atoms with van der Waals surface area (Å²) >= 11 is 1.54. The van der Waals surface area contributed by atoms with Crippen molar-refractivity contribution in [3.8, 4) is 0 Å². The molecule has 0 unspecified atom stereocenters. The van der Waals surface area contributed by atoms with E-state index in [2.05, 4.69) is 37.0 Å². The summed E-state index contributed by atoms with van der Waals surface area (Å²) in [5.41, 5.74) is 3.83. The maximum atomic E-state index is 11.4. The Hall–Kier alpha value is -2.07. The van der Waals surface area contributed by atoms with Crippen LogP contribution in [0.25, 0.3) is 5.65 Å². The predicted octanol–water partition coefficient (Wildman–Crippen LogP) is 3.91. The van der Waals surface area contributed by atoms with E-state index in [4.69, 9.17) is 0 Å². The number of nitrogens with zero attached hydrogens (tertiary/aromatic N) is 2. The third-order valence-corrected chi connectivity index (χ3v) is 4.35. The standard InChI is InChI=1S/C16H14N2OS/c1-11-6-7-14(12(2)9-11)20-16-13(10-19)18-8-4-3-5-15(18)17-16/h3-10H,1-2H3. The minimum Gasteiger partial charge on any atom is -0.296 e. The summed E-state index contributed by atoms with van der Waals surface area (Å²) in [6, 6.07) is 12.0. The lowest BCUT2D eigenvalue weighted by molar-refractivity contribution is 0.111. The number of carbonyl (C=O) groups is 1. The van der Waals surface area contributed by atoms with E-state index in [-0.39, 0.29) is 0 Å². The Morgan fingerprint density at radius 1 is 1.20 bits per heavy atom. The van der Waals surface area contributed by atoms with Gasteiger partial charge in [-0.2, -0.15) is 0 Å². The number of hydrogen-bond acceptors (Lipinski definition) is 3. The van der Waals surface area contributed by atoms with Crippen LogP contribution < -0.4 is 0 Å². The molecule has 0 amide bonds. The van der Waals surface area contributed by atoms with Crippen molar-refractivity contribution < 1.29 is 4.79 Å². The number of benzene rings is 1. The van der Waals surface area contributed by atoms with Gasteiger partial charge < -0.3 is 0 Å². The van der Waals surface area contributed by atoms with Gasteiger partial charge in [0.1, 0.15) is 16.4 Å². The molecule has 0 aliphatic carbocycles. The molecule has 0 atom stereocenters. The Bertz CT molecular complexity index is 792. The van der Waals surface area contributed by atoms with Gasteiger partial charge in [0.15, 0.2) is 6.29 Å². The Morgan fingerprint density at radius 3 is 2.80 bits per heavy atom. The average molecular weight is 282 g/mol. The van der Waals surface area contributed by atoms with Crippen molar-refractivity contribution in [3.63, 3.8) is 0 Å². The molecule has 0 radical (unpaired) electrons. The first kappa shape index (κ1) is 12.9. The van der Waals surface area contributed by atoms with Crippen molar-refractivity contribution in [1.82, 2.24) is 9.38 Å². The van der Waals surface area contributed by atoms with Gasteiger partial charge in [-0.15, -0.1) is 0 Å². The highest BCUT2D eigenvalue weighted by molar-refractivity contribution is 7.99. The van der Waals surface area contributed by atoms with Crippen LogP contribution in [0.2, 0.25) is 0 Å². The number of carbonyl (C=O) groups excluding carboxylic acids is 1. The molecule has 3 aromatic rings. The first-order valence-electron chi connectivity index (χ1n) is 6.36. The monoisotopic (exact) mass is 282 g/mol. The van der Waals surface area contributed by atoms with Crippen molar-refractivity contribution in [2.45, 2.75) is 23.8 Å². The Labute approximate surface area is 121 Å². The van der Waals surface area contributed by atoms with Crippen LogP contribution in [-0.2, 0) is 0 Å². The Balaban J connectivity index is 2.08. The molecule has 4 heteroatoms. The molecule has 3 nitrogen and oxygen atoms in total. The molecular formula is C16H14N2OS. The summed E-state index contributed by atoms with van der Waals surface area (Å²) < 4.78 is 1.82. The summed E-state index contributed by atoms with van der Waals surface area (Å²) in [5.74, 6) is 0. The number of pyridine rings is 1. The number of imidazole rings is 1. The van der Waals surface area contributed by atoms with Gasteiger partial charge in [-0.25, -0.2) is 4.98 Å². The second-order valence-electron chi connectivity index (χ2n) is 4.72. The fourth-order valence-electron chi connectivity index (χ4n) is 2.19. The number of fused-ring (bicyclic) bond motifs is 1. The van der Waals surface area contributed by atoms with Crippen molar-refractivity contribution in [3.05, 3.63) is 59.4 Å². The second kappa shape index (κ2) is 5.13. The zero-order valence-electron chi connectivity index (χ0n) is 11.3. The van der Waals surface area contributed by atoms with Crippen molar-refractivity contribution in [2.24, 2.45) is 0 Å². The Morgan fingerprint density at radius 2 is 2.05 bits per heavy atom.